The topological polar surface area (TPSA) is 49.3 Å². The third-order valence-electron chi connectivity index (χ3n) is 2.59. The number of carbonyl (C=O) groups excluding carboxylic acids is 1. The third-order valence-corrected chi connectivity index (χ3v) is 2.59. The van der Waals surface area contributed by atoms with Crippen molar-refractivity contribution in [2.75, 3.05) is 0 Å². The van der Waals surface area contributed by atoms with Crippen molar-refractivity contribution in [2.24, 2.45) is 10.8 Å². The smallest absolute Gasteiger partial charge is 0.249 e. The Labute approximate surface area is 80.5 Å². The quantitative estimate of drug-likeness (QED) is 0.524. The van der Waals surface area contributed by atoms with Gasteiger partial charge in [0, 0.05) is 5.41 Å². The van der Waals surface area contributed by atoms with Crippen molar-refractivity contribution >= 4 is 5.91 Å². The minimum atomic E-state index is -0.506. The molecule has 0 spiro atoms. The van der Waals surface area contributed by atoms with E-state index in [0.29, 0.717) is 0 Å². The Bertz CT molecular complexity index is 185. The lowest BCUT2D eigenvalue weighted by Crippen LogP contribution is -2.38. The molecule has 0 aliphatic carbocycles. The molecule has 3 nitrogen and oxygen atoms in total. The van der Waals surface area contributed by atoms with Gasteiger partial charge in [-0.1, -0.05) is 41.0 Å². The van der Waals surface area contributed by atoms with Gasteiger partial charge in [0.2, 0.25) is 5.91 Å². The van der Waals surface area contributed by atoms with Gasteiger partial charge in [-0.15, -0.1) is 0 Å². The normalized spacial score (nSPS) is 12.8. The summed E-state index contributed by atoms with van der Waals surface area (Å²) in [5.41, 5.74) is 1.34. The molecule has 0 radical (unpaired) electrons. The van der Waals surface area contributed by atoms with E-state index in [4.69, 9.17) is 5.21 Å². The predicted octanol–water partition coefficient (Wildman–Crippen LogP) is 2.34. The molecular weight excluding hydrogens is 166 g/mol. The highest BCUT2D eigenvalue weighted by Crippen LogP contribution is 2.35. The molecule has 0 rings (SSSR count). The number of nitrogens with one attached hydrogen (secondary N) is 1. The number of amides is 1. The molecule has 3 heteroatoms. The molecule has 0 fully saturated rings. The fourth-order valence-electron chi connectivity index (χ4n) is 1.55. The molecule has 13 heavy (non-hydrogen) atoms. The van der Waals surface area contributed by atoms with Crippen LogP contribution in [0.3, 0.4) is 0 Å². The van der Waals surface area contributed by atoms with Crippen molar-refractivity contribution in [1.82, 2.24) is 5.48 Å². The Morgan fingerprint density at radius 2 is 1.77 bits per heavy atom. The van der Waals surface area contributed by atoms with E-state index in [1.54, 1.807) is 5.48 Å². The molecule has 0 aromatic heterocycles. The fourth-order valence-corrected chi connectivity index (χ4v) is 1.55. The van der Waals surface area contributed by atoms with Gasteiger partial charge < -0.3 is 0 Å². The van der Waals surface area contributed by atoms with Crippen molar-refractivity contribution < 1.29 is 10.0 Å². The Balaban J connectivity index is 4.41. The highest BCUT2D eigenvalue weighted by atomic mass is 16.5. The molecule has 0 bridgehead atoms. The largest absolute Gasteiger partial charge is 0.289 e. The van der Waals surface area contributed by atoms with Crippen LogP contribution in [0.1, 0.15) is 47.5 Å². The molecular formula is C10H21NO2. The zero-order valence-corrected chi connectivity index (χ0v) is 9.27. The zero-order valence-electron chi connectivity index (χ0n) is 9.27. The van der Waals surface area contributed by atoms with Crippen molar-refractivity contribution in [3.63, 3.8) is 0 Å². The maximum absolute atomic E-state index is 11.3. The first kappa shape index (κ1) is 12.4. The second-order valence-corrected chi connectivity index (χ2v) is 5.02. The SMILES string of the molecule is CCC(C)(C)CC(C)(C)C(=O)NO. The van der Waals surface area contributed by atoms with E-state index in [-0.39, 0.29) is 11.3 Å². The lowest BCUT2D eigenvalue weighted by molar-refractivity contribution is -0.139. The molecule has 0 atom stereocenters. The summed E-state index contributed by atoms with van der Waals surface area (Å²) in [7, 11) is 0. The van der Waals surface area contributed by atoms with Gasteiger partial charge in [-0.3, -0.25) is 10.0 Å². The first-order chi connectivity index (χ1) is 5.75. The Hall–Kier alpha value is -0.570. The van der Waals surface area contributed by atoms with Crippen LogP contribution in [-0.4, -0.2) is 11.1 Å². The van der Waals surface area contributed by atoms with E-state index in [0.717, 1.165) is 12.8 Å². The summed E-state index contributed by atoms with van der Waals surface area (Å²) >= 11 is 0. The van der Waals surface area contributed by atoms with E-state index >= 15 is 0 Å². The summed E-state index contributed by atoms with van der Waals surface area (Å²) in [4.78, 5) is 11.3. The van der Waals surface area contributed by atoms with Crippen molar-refractivity contribution in [1.29, 1.82) is 0 Å². The van der Waals surface area contributed by atoms with E-state index in [1.165, 1.54) is 0 Å². The summed E-state index contributed by atoms with van der Waals surface area (Å²) in [5.74, 6) is -0.311. The number of hydrogen-bond donors (Lipinski definition) is 2. The van der Waals surface area contributed by atoms with Crippen LogP contribution in [-0.2, 0) is 4.79 Å². The first-order valence-corrected chi connectivity index (χ1v) is 4.70. The number of hydroxylamine groups is 1. The molecule has 0 aromatic carbocycles. The van der Waals surface area contributed by atoms with Gasteiger partial charge >= 0.3 is 0 Å². The fraction of sp³-hybridized carbons (Fsp3) is 0.900. The third kappa shape index (κ3) is 3.77. The molecule has 0 saturated carbocycles. The molecule has 0 unspecified atom stereocenters. The van der Waals surface area contributed by atoms with Crippen molar-refractivity contribution in [3.8, 4) is 0 Å². The van der Waals surface area contributed by atoms with Gasteiger partial charge in [0.25, 0.3) is 0 Å². The van der Waals surface area contributed by atoms with E-state index in [2.05, 4.69) is 20.8 Å². The van der Waals surface area contributed by atoms with Gasteiger partial charge in [-0.05, 0) is 11.8 Å². The van der Waals surface area contributed by atoms with Crippen LogP contribution in [0.25, 0.3) is 0 Å². The molecule has 0 aliphatic heterocycles. The monoisotopic (exact) mass is 187 g/mol. The van der Waals surface area contributed by atoms with Crippen LogP contribution in [0.2, 0.25) is 0 Å². The average molecular weight is 187 g/mol. The van der Waals surface area contributed by atoms with Crippen LogP contribution in [0.15, 0.2) is 0 Å². The summed E-state index contributed by atoms with van der Waals surface area (Å²) in [6.07, 6.45) is 1.79. The second kappa shape index (κ2) is 4.09. The maximum atomic E-state index is 11.3. The maximum Gasteiger partial charge on any atom is 0.249 e. The highest BCUT2D eigenvalue weighted by Gasteiger charge is 2.33. The van der Waals surface area contributed by atoms with Gasteiger partial charge in [0.15, 0.2) is 0 Å². The number of carbonyl (C=O) groups is 1. The van der Waals surface area contributed by atoms with Crippen LogP contribution in [0.4, 0.5) is 0 Å². The molecule has 0 aromatic rings. The summed E-state index contributed by atoms with van der Waals surface area (Å²) < 4.78 is 0. The molecule has 1 amide bonds. The van der Waals surface area contributed by atoms with Gasteiger partial charge in [0.1, 0.15) is 0 Å². The Morgan fingerprint density at radius 1 is 1.31 bits per heavy atom. The summed E-state index contributed by atoms with van der Waals surface area (Å²) in [5, 5.41) is 8.54. The highest BCUT2D eigenvalue weighted by molar-refractivity contribution is 5.80. The van der Waals surface area contributed by atoms with Crippen LogP contribution in [0.5, 0.6) is 0 Å². The van der Waals surface area contributed by atoms with Crippen LogP contribution >= 0.6 is 0 Å². The van der Waals surface area contributed by atoms with Crippen molar-refractivity contribution in [3.05, 3.63) is 0 Å². The zero-order chi connectivity index (χ0) is 10.7. The number of rotatable bonds is 4. The Morgan fingerprint density at radius 3 is 2.08 bits per heavy atom. The lowest BCUT2D eigenvalue weighted by Gasteiger charge is -2.32. The molecule has 0 aliphatic rings. The van der Waals surface area contributed by atoms with Gasteiger partial charge in [-0.2, -0.15) is 0 Å². The summed E-state index contributed by atoms with van der Waals surface area (Å²) in [6.45, 7) is 10.0. The number of hydrogen-bond acceptors (Lipinski definition) is 2. The molecule has 2 N–H and O–H groups in total. The standard InChI is InChI=1S/C10H21NO2/c1-6-9(2,3)7-10(4,5)8(12)11-13/h13H,6-7H2,1-5H3,(H,11,12). The van der Waals surface area contributed by atoms with Crippen LogP contribution in [0, 0.1) is 10.8 Å². The van der Waals surface area contributed by atoms with Gasteiger partial charge in [0.05, 0.1) is 0 Å². The first-order valence-electron chi connectivity index (χ1n) is 4.70. The second-order valence-electron chi connectivity index (χ2n) is 5.02. The average Bonchev–Trinajstić information content (AvgIpc) is 2.01. The van der Waals surface area contributed by atoms with E-state index in [9.17, 15) is 4.79 Å². The van der Waals surface area contributed by atoms with Gasteiger partial charge in [-0.25, -0.2) is 5.48 Å². The summed E-state index contributed by atoms with van der Waals surface area (Å²) in [6, 6.07) is 0. The van der Waals surface area contributed by atoms with Crippen LogP contribution < -0.4 is 5.48 Å². The molecule has 78 valence electrons. The lowest BCUT2D eigenvalue weighted by atomic mass is 9.73. The minimum Gasteiger partial charge on any atom is -0.289 e. The van der Waals surface area contributed by atoms with Crippen molar-refractivity contribution in [2.45, 2.75) is 47.5 Å². The molecule has 0 saturated heterocycles. The van der Waals surface area contributed by atoms with E-state index in [1.807, 2.05) is 13.8 Å². The van der Waals surface area contributed by atoms with E-state index < -0.39 is 5.41 Å². The predicted molar refractivity (Wildman–Crippen MR) is 52.4 cm³/mol. The minimum absolute atomic E-state index is 0.135. The molecule has 0 heterocycles. The Kier molecular flexibility index (Phi) is 3.91.